The summed E-state index contributed by atoms with van der Waals surface area (Å²) in [7, 11) is 2.21. The Hall–Kier alpha value is -3.38. The number of Topliss-reactive ketones (excluding diaryl/α,β-unsaturated/α-hetero) is 1. The van der Waals surface area contributed by atoms with Crippen molar-refractivity contribution in [1.29, 1.82) is 0 Å². The number of carbonyl (C=O) groups is 2. The van der Waals surface area contributed by atoms with E-state index in [4.69, 9.17) is 0 Å². The molecule has 2 heterocycles. The summed E-state index contributed by atoms with van der Waals surface area (Å²) in [5.74, 6) is 0.308. The molecule has 0 aromatic heterocycles. The van der Waals surface area contributed by atoms with E-state index >= 15 is 0 Å². The Morgan fingerprint density at radius 3 is 2.21 bits per heavy atom. The fourth-order valence-electron chi connectivity index (χ4n) is 5.00. The van der Waals surface area contributed by atoms with Gasteiger partial charge in [-0.3, -0.25) is 9.59 Å². The number of hydrogen-bond acceptors (Lipinski definition) is 6. The number of piperidine rings is 1. The Morgan fingerprint density at radius 2 is 1.67 bits per heavy atom. The number of likely N-dealkylation sites (tertiary alicyclic amines) is 1. The molecule has 0 N–H and O–H groups in total. The minimum Gasteiger partial charge on any atom is -0.373 e. The van der Waals surface area contributed by atoms with Crippen LogP contribution in [-0.2, 0) is 10.2 Å². The Morgan fingerprint density at radius 1 is 1.08 bits per heavy atom. The van der Waals surface area contributed by atoms with Gasteiger partial charge in [-0.05, 0) is 92.8 Å². The molecule has 0 aliphatic carbocycles. The summed E-state index contributed by atoms with van der Waals surface area (Å²) in [6, 6.07) is 15.0. The van der Waals surface area contributed by atoms with Crippen LogP contribution in [0, 0.1) is 4.91 Å². The first-order valence-corrected chi connectivity index (χ1v) is 14.0. The first-order valence-electron chi connectivity index (χ1n) is 14.0. The maximum Gasteiger partial charge on any atom is 0.159 e. The second kappa shape index (κ2) is 18.0. The van der Waals surface area contributed by atoms with Gasteiger partial charge in [0.05, 0.1) is 0 Å². The summed E-state index contributed by atoms with van der Waals surface area (Å²) in [6.45, 7) is 17.5. The first kappa shape index (κ1) is 33.6. The number of ketones is 1. The number of fused-ring (bicyclic) bond motifs is 2. The molecule has 1 spiro atoms. The SMILES string of the molecule is C=CC.CC.CC/C=C(\C)C(=O)CCN1CCC2(CC1)CN(C)c1ccccc12.O=Cc1ccc(N=O)cc1. The zero-order valence-electron chi connectivity index (χ0n) is 24.8. The topological polar surface area (TPSA) is 70.1 Å². The van der Waals surface area contributed by atoms with Gasteiger partial charge in [-0.1, -0.05) is 51.1 Å². The number of carbonyl (C=O) groups excluding carboxylic acids is 2. The zero-order chi connectivity index (χ0) is 29.3. The fraction of sp³-hybridized carbons (Fsp3) is 0.455. The molecule has 0 saturated carbocycles. The van der Waals surface area contributed by atoms with Gasteiger partial charge in [0, 0.05) is 43.2 Å². The minimum absolute atomic E-state index is 0.308. The molecule has 1 saturated heterocycles. The Labute approximate surface area is 235 Å². The van der Waals surface area contributed by atoms with Crippen molar-refractivity contribution in [2.45, 2.75) is 65.7 Å². The molecule has 2 aliphatic rings. The summed E-state index contributed by atoms with van der Waals surface area (Å²) in [4.78, 5) is 37.0. The van der Waals surface area contributed by atoms with Crippen molar-refractivity contribution in [2.75, 3.05) is 38.1 Å². The molecular weight excluding hydrogens is 486 g/mol. The number of likely N-dealkylation sites (N-methyl/N-ethyl adjacent to an activating group) is 1. The van der Waals surface area contributed by atoms with Gasteiger partial charge in [0.15, 0.2) is 5.78 Å². The van der Waals surface area contributed by atoms with Gasteiger partial charge in [0.1, 0.15) is 12.0 Å². The van der Waals surface area contributed by atoms with Crippen molar-refractivity contribution in [3.05, 3.63) is 88.9 Å². The largest absolute Gasteiger partial charge is 0.373 e. The first-order chi connectivity index (χ1) is 18.8. The van der Waals surface area contributed by atoms with E-state index in [9.17, 15) is 14.5 Å². The van der Waals surface area contributed by atoms with Crippen LogP contribution in [0.1, 0.15) is 76.2 Å². The average Bonchev–Trinajstić information content (AvgIpc) is 3.25. The summed E-state index contributed by atoms with van der Waals surface area (Å²) in [5, 5.41) is 2.68. The van der Waals surface area contributed by atoms with E-state index in [2.05, 4.69) is 59.8 Å². The van der Waals surface area contributed by atoms with E-state index < -0.39 is 0 Å². The second-order valence-corrected chi connectivity index (χ2v) is 9.67. The molecule has 39 heavy (non-hydrogen) atoms. The fourth-order valence-corrected chi connectivity index (χ4v) is 5.00. The summed E-state index contributed by atoms with van der Waals surface area (Å²) >= 11 is 0. The number of allylic oxidation sites excluding steroid dienone is 3. The van der Waals surface area contributed by atoms with Crippen LogP contribution in [0.3, 0.4) is 0 Å². The van der Waals surface area contributed by atoms with E-state index in [0.29, 0.717) is 35.2 Å². The molecule has 6 nitrogen and oxygen atoms in total. The summed E-state index contributed by atoms with van der Waals surface area (Å²) in [5.41, 5.74) is 5.07. The van der Waals surface area contributed by atoms with Crippen LogP contribution >= 0.6 is 0 Å². The lowest BCUT2D eigenvalue weighted by molar-refractivity contribution is -0.115. The van der Waals surface area contributed by atoms with E-state index in [-0.39, 0.29) is 0 Å². The standard InChI is InChI=1S/C21H30N2O.C7H5NO2.C3H6.C2H6/c1-4-7-17(2)20(24)10-13-23-14-11-21(12-15-23)16-22(3)19-9-6-5-8-18(19)21;9-5-6-1-3-7(8-10)4-2-6;1-3-2;1-2/h5-9H,4,10-16H2,1-3H3;1-5H;3H,1H2,2H3;1-2H3/b17-7+;;;. The van der Waals surface area contributed by atoms with Gasteiger partial charge < -0.3 is 9.80 Å². The van der Waals surface area contributed by atoms with Gasteiger partial charge >= 0.3 is 0 Å². The van der Waals surface area contributed by atoms with Crippen molar-refractivity contribution >= 4 is 23.4 Å². The molecule has 6 heteroatoms. The summed E-state index contributed by atoms with van der Waals surface area (Å²) < 4.78 is 0. The van der Waals surface area contributed by atoms with Crippen LogP contribution < -0.4 is 4.90 Å². The Kier molecular flexibility index (Phi) is 15.5. The Balaban J connectivity index is 0.000000421. The van der Waals surface area contributed by atoms with Crippen LogP contribution in [0.5, 0.6) is 0 Å². The molecule has 0 bridgehead atoms. The normalized spacial score (nSPS) is 15.3. The van der Waals surface area contributed by atoms with Crippen LogP contribution in [0.2, 0.25) is 0 Å². The average molecular weight is 534 g/mol. The predicted octanol–water partition coefficient (Wildman–Crippen LogP) is 7.90. The van der Waals surface area contributed by atoms with E-state index in [1.54, 1.807) is 18.2 Å². The number of rotatable bonds is 7. The van der Waals surface area contributed by atoms with Crippen molar-refractivity contribution < 1.29 is 9.59 Å². The van der Waals surface area contributed by atoms with Crippen LogP contribution in [0.4, 0.5) is 11.4 Å². The molecular formula is C33H47N3O3. The smallest absolute Gasteiger partial charge is 0.159 e. The molecule has 212 valence electrons. The molecule has 2 aromatic rings. The maximum absolute atomic E-state index is 12.1. The molecule has 1 fully saturated rings. The number of benzene rings is 2. The predicted molar refractivity (Wildman–Crippen MR) is 165 cm³/mol. The van der Waals surface area contributed by atoms with Crippen molar-refractivity contribution in [1.82, 2.24) is 4.90 Å². The second-order valence-electron chi connectivity index (χ2n) is 9.67. The molecule has 0 atom stereocenters. The number of nitroso groups, excluding NO2 is 1. The molecule has 0 radical (unpaired) electrons. The minimum atomic E-state index is 0.308. The lowest BCUT2D eigenvalue weighted by Gasteiger charge is -2.39. The highest BCUT2D eigenvalue weighted by molar-refractivity contribution is 5.94. The highest BCUT2D eigenvalue weighted by Gasteiger charge is 2.43. The monoisotopic (exact) mass is 533 g/mol. The molecule has 2 aliphatic heterocycles. The Bertz CT molecular complexity index is 1040. The van der Waals surface area contributed by atoms with Crippen LogP contribution in [0.25, 0.3) is 0 Å². The summed E-state index contributed by atoms with van der Waals surface area (Å²) in [6.07, 6.45) is 8.51. The third kappa shape index (κ3) is 10.0. The molecule has 4 rings (SSSR count). The van der Waals surface area contributed by atoms with Crippen LogP contribution in [0.15, 0.2) is 78.0 Å². The van der Waals surface area contributed by atoms with Crippen molar-refractivity contribution in [2.24, 2.45) is 5.18 Å². The highest BCUT2D eigenvalue weighted by Crippen LogP contribution is 2.46. The zero-order valence-corrected chi connectivity index (χ0v) is 24.8. The third-order valence-corrected chi connectivity index (χ3v) is 6.98. The highest BCUT2D eigenvalue weighted by atomic mass is 16.3. The lowest BCUT2D eigenvalue weighted by Crippen LogP contribution is -2.45. The molecule has 2 aromatic carbocycles. The van der Waals surface area contributed by atoms with Gasteiger partial charge in [0.25, 0.3) is 0 Å². The van der Waals surface area contributed by atoms with Crippen LogP contribution in [-0.4, -0.2) is 50.2 Å². The van der Waals surface area contributed by atoms with Gasteiger partial charge in [0.2, 0.25) is 0 Å². The van der Waals surface area contributed by atoms with Gasteiger partial charge in [-0.25, -0.2) is 0 Å². The van der Waals surface area contributed by atoms with Gasteiger partial charge in [-0.2, -0.15) is 0 Å². The number of aldehydes is 1. The number of anilines is 1. The third-order valence-electron chi connectivity index (χ3n) is 6.98. The van der Waals surface area contributed by atoms with Gasteiger partial charge in [-0.15, -0.1) is 11.5 Å². The van der Waals surface area contributed by atoms with E-state index in [1.165, 1.54) is 36.2 Å². The number of nitrogens with zero attached hydrogens (tertiary/aromatic N) is 3. The lowest BCUT2D eigenvalue weighted by atomic mass is 9.74. The molecule has 0 unspecified atom stereocenters. The maximum atomic E-state index is 12.1. The van der Waals surface area contributed by atoms with E-state index in [0.717, 1.165) is 38.2 Å². The number of para-hydroxylation sites is 1. The number of hydrogen-bond donors (Lipinski definition) is 0. The van der Waals surface area contributed by atoms with E-state index in [1.807, 2.05) is 33.8 Å². The van der Waals surface area contributed by atoms with Crippen molar-refractivity contribution in [3.63, 3.8) is 0 Å². The van der Waals surface area contributed by atoms with Crippen molar-refractivity contribution in [3.8, 4) is 0 Å². The molecule has 0 amide bonds. The quantitative estimate of drug-likeness (QED) is 0.157.